The van der Waals surface area contributed by atoms with Crippen molar-refractivity contribution in [1.82, 2.24) is 4.90 Å². The normalized spacial score (nSPS) is 11.7. The van der Waals surface area contributed by atoms with E-state index in [-0.39, 0.29) is 16.8 Å². The first-order valence-electron chi connectivity index (χ1n) is 6.04. The van der Waals surface area contributed by atoms with Crippen LogP contribution < -0.4 is 0 Å². The van der Waals surface area contributed by atoms with Crippen molar-refractivity contribution in [3.05, 3.63) is 29.3 Å². The van der Waals surface area contributed by atoms with Gasteiger partial charge in [-0.3, -0.25) is 4.79 Å². The first-order valence-corrected chi connectivity index (χ1v) is 8.35. The minimum absolute atomic E-state index is 0.0441. The van der Waals surface area contributed by atoms with Crippen LogP contribution >= 0.6 is 10.7 Å². The molecule has 0 aliphatic rings. The number of hydrogen-bond acceptors (Lipinski definition) is 3. The van der Waals surface area contributed by atoms with Gasteiger partial charge in [0.05, 0.1) is 4.90 Å². The van der Waals surface area contributed by atoms with Crippen LogP contribution in [-0.4, -0.2) is 31.8 Å². The molecule has 0 saturated heterocycles. The maximum atomic E-state index is 12.3. The lowest BCUT2D eigenvalue weighted by Crippen LogP contribution is -2.36. The molecule has 0 fully saturated rings. The summed E-state index contributed by atoms with van der Waals surface area (Å²) in [6.45, 7) is 8.00. The van der Waals surface area contributed by atoms with Gasteiger partial charge >= 0.3 is 0 Å². The summed E-state index contributed by atoms with van der Waals surface area (Å²) < 4.78 is 22.7. The number of carbonyl (C=O) groups excluding carboxylic acids is 1. The smallest absolute Gasteiger partial charge is 0.261 e. The van der Waals surface area contributed by atoms with Crippen molar-refractivity contribution in [3.8, 4) is 0 Å². The average molecular weight is 304 g/mol. The summed E-state index contributed by atoms with van der Waals surface area (Å²) in [5, 5.41) is 0. The van der Waals surface area contributed by atoms with Gasteiger partial charge < -0.3 is 4.90 Å². The molecule has 1 amide bonds. The largest absolute Gasteiger partial charge is 0.337 e. The van der Waals surface area contributed by atoms with Gasteiger partial charge in [-0.2, -0.15) is 0 Å². The molecule has 0 radical (unpaired) electrons. The lowest BCUT2D eigenvalue weighted by atomic mass is 10.1. The summed E-state index contributed by atoms with van der Waals surface area (Å²) in [4.78, 5) is 14.0. The quantitative estimate of drug-likeness (QED) is 0.804. The van der Waals surface area contributed by atoms with Crippen LogP contribution in [0.5, 0.6) is 0 Å². The summed E-state index contributed by atoms with van der Waals surface area (Å²) in [5.41, 5.74) is 1.03. The summed E-state index contributed by atoms with van der Waals surface area (Å²) in [6, 6.07) is 4.49. The van der Waals surface area contributed by atoms with E-state index < -0.39 is 9.05 Å². The summed E-state index contributed by atoms with van der Waals surface area (Å²) in [7, 11) is 1.50. The predicted molar refractivity (Wildman–Crippen MR) is 76.1 cm³/mol. The van der Waals surface area contributed by atoms with Crippen LogP contribution in [0.15, 0.2) is 23.1 Å². The number of amides is 1. The van der Waals surface area contributed by atoms with E-state index in [0.29, 0.717) is 17.7 Å². The second-order valence-corrected chi connectivity index (χ2v) is 7.22. The standard InChI is InChI=1S/C13H18ClNO3S/c1-5-15(9(2)3)13(16)11-6-10(4)7-12(8-11)19(14,17)18/h6-9H,5H2,1-4H3. The molecule has 0 N–H and O–H groups in total. The molecular formula is C13H18ClNO3S. The number of rotatable bonds is 4. The Morgan fingerprint density at radius 1 is 1.32 bits per heavy atom. The van der Waals surface area contributed by atoms with E-state index in [4.69, 9.17) is 10.7 Å². The van der Waals surface area contributed by atoms with Gasteiger partial charge in [-0.25, -0.2) is 8.42 Å². The Hall–Kier alpha value is -1.07. The zero-order valence-corrected chi connectivity index (χ0v) is 13.0. The minimum Gasteiger partial charge on any atom is -0.337 e. The molecule has 0 heterocycles. The maximum absolute atomic E-state index is 12.3. The van der Waals surface area contributed by atoms with E-state index in [1.54, 1.807) is 17.9 Å². The van der Waals surface area contributed by atoms with Crippen molar-refractivity contribution in [2.75, 3.05) is 6.54 Å². The lowest BCUT2D eigenvalue weighted by molar-refractivity contribution is 0.0716. The van der Waals surface area contributed by atoms with Crippen molar-refractivity contribution in [3.63, 3.8) is 0 Å². The van der Waals surface area contributed by atoms with Crippen molar-refractivity contribution in [2.24, 2.45) is 0 Å². The molecule has 0 aliphatic carbocycles. The molecular weight excluding hydrogens is 286 g/mol. The number of carbonyl (C=O) groups is 1. The Balaban J connectivity index is 3.28. The molecule has 0 spiro atoms. The summed E-state index contributed by atoms with van der Waals surface area (Å²) in [6.07, 6.45) is 0. The van der Waals surface area contributed by atoms with Crippen LogP contribution in [0.3, 0.4) is 0 Å². The number of aryl methyl sites for hydroxylation is 1. The van der Waals surface area contributed by atoms with Crippen LogP contribution in [0, 0.1) is 6.92 Å². The van der Waals surface area contributed by atoms with Crippen LogP contribution in [-0.2, 0) is 9.05 Å². The third kappa shape index (κ3) is 3.94. The average Bonchev–Trinajstić information content (AvgIpc) is 2.27. The highest BCUT2D eigenvalue weighted by Gasteiger charge is 2.20. The third-order valence-corrected chi connectivity index (χ3v) is 4.14. The molecule has 0 bridgehead atoms. The van der Waals surface area contributed by atoms with Crippen molar-refractivity contribution in [2.45, 2.75) is 38.6 Å². The second-order valence-electron chi connectivity index (χ2n) is 4.66. The first-order chi connectivity index (χ1) is 8.66. The van der Waals surface area contributed by atoms with Crippen LogP contribution in [0.2, 0.25) is 0 Å². The van der Waals surface area contributed by atoms with Gasteiger partial charge in [0.1, 0.15) is 0 Å². The van der Waals surface area contributed by atoms with E-state index in [0.717, 1.165) is 0 Å². The molecule has 4 nitrogen and oxygen atoms in total. The molecule has 1 aromatic carbocycles. The summed E-state index contributed by atoms with van der Waals surface area (Å²) in [5.74, 6) is -0.192. The van der Waals surface area contributed by atoms with E-state index in [2.05, 4.69) is 0 Å². The highest BCUT2D eigenvalue weighted by Crippen LogP contribution is 2.20. The Kier molecular flexibility index (Phi) is 4.98. The Morgan fingerprint density at radius 3 is 2.32 bits per heavy atom. The van der Waals surface area contributed by atoms with Gasteiger partial charge in [0.25, 0.3) is 15.0 Å². The zero-order chi connectivity index (χ0) is 14.8. The third-order valence-electron chi connectivity index (χ3n) is 2.80. The fraction of sp³-hybridized carbons (Fsp3) is 0.462. The second kappa shape index (κ2) is 5.92. The number of hydrogen-bond donors (Lipinski definition) is 0. The zero-order valence-electron chi connectivity index (χ0n) is 11.5. The molecule has 19 heavy (non-hydrogen) atoms. The molecule has 1 rings (SSSR count). The van der Waals surface area contributed by atoms with E-state index in [9.17, 15) is 13.2 Å². The number of halogens is 1. The van der Waals surface area contributed by atoms with Gasteiger partial charge in [0.2, 0.25) is 0 Å². The maximum Gasteiger partial charge on any atom is 0.261 e. The Morgan fingerprint density at radius 2 is 1.89 bits per heavy atom. The first kappa shape index (κ1) is 16.0. The molecule has 0 aromatic heterocycles. The fourth-order valence-corrected chi connectivity index (χ4v) is 2.78. The number of benzene rings is 1. The monoisotopic (exact) mass is 303 g/mol. The molecule has 6 heteroatoms. The molecule has 0 saturated carbocycles. The number of nitrogens with zero attached hydrogens (tertiary/aromatic N) is 1. The molecule has 0 unspecified atom stereocenters. The molecule has 0 aliphatic heterocycles. The van der Waals surface area contributed by atoms with Gasteiger partial charge in [-0.1, -0.05) is 0 Å². The molecule has 1 aromatic rings. The highest BCUT2D eigenvalue weighted by atomic mass is 35.7. The van der Waals surface area contributed by atoms with E-state index >= 15 is 0 Å². The van der Waals surface area contributed by atoms with Gasteiger partial charge in [-0.05, 0) is 51.5 Å². The van der Waals surface area contributed by atoms with Crippen LogP contribution in [0.1, 0.15) is 36.7 Å². The summed E-state index contributed by atoms with van der Waals surface area (Å²) >= 11 is 0. The van der Waals surface area contributed by atoms with Crippen molar-refractivity contribution >= 4 is 25.6 Å². The van der Waals surface area contributed by atoms with Gasteiger partial charge in [0.15, 0.2) is 0 Å². The highest BCUT2D eigenvalue weighted by molar-refractivity contribution is 8.13. The Labute approximate surface area is 118 Å². The topological polar surface area (TPSA) is 54.5 Å². The molecule has 106 valence electrons. The van der Waals surface area contributed by atoms with Crippen molar-refractivity contribution in [1.29, 1.82) is 0 Å². The lowest BCUT2D eigenvalue weighted by Gasteiger charge is -2.25. The molecule has 0 atom stereocenters. The SMILES string of the molecule is CCN(C(=O)c1cc(C)cc(S(=O)(=O)Cl)c1)C(C)C. The van der Waals surface area contributed by atoms with Crippen LogP contribution in [0.4, 0.5) is 0 Å². The fourth-order valence-electron chi connectivity index (χ4n) is 1.92. The van der Waals surface area contributed by atoms with E-state index in [1.165, 1.54) is 12.1 Å². The van der Waals surface area contributed by atoms with Gasteiger partial charge in [-0.15, -0.1) is 0 Å². The predicted octanol–water partition coefficient (Wildman–Crippen LogP) is 2.79. The van der Waals surface area contributed by atoms with Gasteiger partial charge in [0, 0.05) is 28.8 Å². The van der Waals surface area contributed by atoms with E-state index in [1.807, 2.05) is 20.8 Å². The van der Waals surface area contributed by atoms with Crippen LogP contribution in [0.25, 0.3) is 0 Å². The van der Waals surface area contributed by atoms with Crippen molar-refractivity contribution < 1.29 is 13.2 Å². The Bertz CT molecular complexity index is 582. The minimum atomic E-state index is -3.83.